The molecule has 2 N–H and O–H groups in total. The molecule has 1 aromatic heterocycles. The number of amides is 3. The second kappa shape index (κ2) is 7.34. The van der Waals surface area contributed by atoms with Crippen molar-refractivity contribution >= 4 is 29.4 Å². The van der Waals surface area contributed by atoms with Crippen LogP contribution in [-0.4, -0.2) is 51.2 Å². The van der Waals surface area contributed by atoms with Gasteiger partial charge in [-0.15, -0.1) is 0 Å². The molecule has 4 rings (SSSR count). The molecule has 0 spiro atoms. The van der Waals surface area contributed by atoms with Crippen molar-refractivity contribution in [1.29, 1.82) is 0 Å². The van der Waals surface area contributed by atoms with Crippen molar-refractivity contribution in [1.82, 2.24) is 14.8 Å². The molecule has 1 fully saturated rings. The molecule has 0 saturated carbocycles. The van der Waals surface area contributed by atoms with Crippen molar-refractivity contribution in [3.63, 3.8) is 0 Å². The number of anilines is 1. The minimum Gasteiger partial charge on any atom is -0.440 e. The maximum Gasteiger partial charge on any atom is 0.341 e. The number of nitrogens with two attached hydrogens (primary N) is 1. The molecule has 148 valence electrons. The third-order valence-electron chi connectivity index (χ3n) is 5.11. The molecule has 3 amide bonds. The molecular weight excluding hydrogens is 376 g/mol. The number of aromatic nitrogens is 1. The molecule has 0 bridgehead atoms. The number of nitrogen functional groups attached to an aromatic ring is 1. The van der Waals surface area contributed by atoms with Crippen LogP contribution in [-0.2, 0) is 20.9 Å². The van der Waals surface area contributed by atoms with E-state index in [4.69, 9.17) is 10.5 Å². The highest BCUT2D eigenvalue weighted by Gasteiger charge is 2.43. The monoisotopic (exact) mass is 394 g/mol. The van der Waals surface area contributed by atoms with Crippen LogP contribution in [0.3, 0.4) is 0 Å². The average molecular weight is 394 g/mol. The molecule has 2 aliphatic rings. The Morgan fingerprint density at radius 3 is 2.76 bits per heavy atom. The van der Waals surface area contributed by atoms with E-state index in [1.807, 2.05) is 0 Å². The van der Waals surface area contributed by atoms with Crippen LogP contribution in [0.1, 0.15) is 39.1 Å². The molecule has 0 aliphatic carbocycles. The lowest BCUT2D eigenvalue weighted by molar-refractivity contribution is -0.156. The number of ether oxygens (including phenoxy) is 1. The maximum atomic E-state index is 12.9. The third-order valence-corrected chi connectivity index (χ3v) is 5.11. The number of rotatable bonds is 4. The zero-order chi connectivity index (χ0) is 20.5. The van der Waals surface area contributed by atoms with Gasteiger partial charge in [0.05, 0.1) is 5.56 Å². The fraction of sp³-hybridized carbons (Fsp3) is 0.250. The predicted molar refractivity (Wildman–Crippen MR) is 100 cm³/mol. The fourth-order valence-corrected chi connectivity index (χ4v) is 3.57. The van der Waals surface area contributed by atoms with E-state index in [0.717, 1.165) is 4.90 Å². The third kappa shape index (κ3) is 3.31. The summed E-state index contributed by atoms with van der Waals surface area (Å²) in [6.45, 7) is -0.312. The predicted octanol–water partition coefficient (Wildman–Crippen LogP) is 0.952. The molecule has 2 aliphatic heterocycles. The quantitative estimate of drug-likeness (QED) is 0.465. The van der Waals surface area contributed by atoms with E-state index in [1.54, 1.807) is 24.3 Å². The van der Waals surface area contributed by atoms with Gasteiger partial charge >= 0.3 is 5.97 Å². The lowest BCUT2D eigenvalue weighted by Gasteiger charge is -2.35. The lowest BCUT2D eigenvalue weighted by atomic mass is 10.0. The van der Waals surface area contributed by atoms with E-state index in [9.17, 15) is 19.2 Å². The number of hydrogen-bond acceptors (Lipinski definition) is 7. The van der Waals surface area contributed by atoms with Crippen LogP contribution in [0.15, 0.2) is 42.7 Å². The van der Waals surface area contributed by atoms with Crippen LogP contribution in [0, 0.1) is 0 Å². The van der Waals surface area contributed by atoms with Crippen molar-refractivity contribution in [2.75, 3.05) is 12.5 Å². The Kier molecular flexibility index (Phi) is 4.71. The summed E-state index contributed by atoms with van der Waals surface area (Å²) < 4.78 is 5.11. The number of hydrogen-bond donors (Lipinski definition) is 1. The van der Waals surface area contributed by atoms with Gasteiger partial charge in [0.15, 0.2) is 6.73 Å². The summed E-state index contributed by atoms with van der Waals surface area (Å²) in [5.74, 6) is -2.01. The standard InChI is InChI=1S/C20H18N4O5/c21-15-5-1-4-13-14(15)10-23(18(13)26)16-6-7-17(25)24(19(16)27)11-29-20(28)12-3-2-8-22-9-12/h1-5,8-9,16H,6-7,10-11,21H2. The molecule has 9 nitrogen and oxygen atoms in total. The normalized spacial score (nSPS) is 18.8. The van der Waals surface area contributed by atoms with E-state index in [2.05, 4.69) is 4.98 Å². The van der Waals surface area contributed by atoms with E-state index in [0.29, 0.717) is 16.8 Å². The second-order valence-electron chi connectivity index (χ2n) is 6.82. The summed E-state index contributed by atoms with van der Waals surface area (Å²) in [5, 5.41) is 0. The number of carbonyl (C=O) groups is 4. The minimum atomic E-state index is -0.816. The van der Waals surface area contributed by atoms with Crippen molar-refractivity contribution in [3.05, 3.63) is 59.4 Å². The molecule has 29 heavy (non-hydrogen) atoms. The SMILES string of the molecule is Nc1cccc2c1CN(C1CCC(=O)N(COC(=O)c3cccnc3)C1=O)C2=O. The Balaban J connectivity index is 1.48. The molecule has 9 heteroatoms. The zero-order valence-electron chi connectivity index (χ0n) is 15.4. The smallest absolute Gasteiger partial charge is 0.341 e. The summed E-state index contributed by atoms with van der Waals surface area (Å²) in [7, 11) is 0. The van der Waals surface area contributed by atoms with Crippen LogP contribution in [0.5, 0.6) is 0 Å². The average Bonchev–Trinajstić information content (AvgIpc) is 3.06. The van der Waals surface area contributed by atoms with Gasteiger partial charge in [-0.05, 0) is 30.7 Å². The summed E-state index contributed by atoms with van der Waals surface area (Å²) in [6.07, 6.45) is 3.12. The van der Waals surface area contributed by atoms with Gasteiger partial charge in [0.1, 0.15) is 6.04 Å². The van der Waals surface area contributed by atoms with Gasteiger partial charge in [-0.3, -0.25) is 19.4 Å². The number of benzene rings is 1. The van der Waals surface area contributed by atoms with Gasteiger partial charge in [-0.2, -0.15) is 0 Å². The second-order valence-corrected chi connectivity index (χ2v) is 6.82. The number of likely N-dealkylation sites (tertiary alicyclic amines) is 1. The van der Waals surface area contributed by atoms with Crippen LogP contribution in [0.4, 0.5) is 5.69 Å². The summed E-state index contributed by atoms with van der Waals surface area (Å²) in [5.41, 5.74) is 7.79. The molecule has 1 atom stereocenters. The van der Waals surface area contributed by atoms with E-state index in [-0.39, 0.29) is 30.9 Å². The van der Waals surface area contributed by atoms with Crippen LogP contribution in [0.25, 0.3) is 0 Å². The Morgan fingerprint density at radius 1 is 1.21 bits per heavy atom. The van der Waals surface area contributed by atoms with Gasteiger partial charge < -0.3 is 15.4 Å². The first-order valence-electron chi connectivity index (χ1n) is 9.07. The number of nitrogens with zero attached hydrogens (tertiary/aromatic N) is 3. The number of esters is 1. The molecular formula is C20H18N4O5. The van der Waals surface area contributed by atoms with Gasteiger partial charge in [-0.1, -0.05) is 6.07 Å². The first-order valence-corrected chi connectivity index (χ1v) is 9.07. The lowest BCUT2D eigenvalue weighted by Crippen LogP contribution is -2.55. The Morgan fingerprint density at radius 2 is 2.03 bits per heavy atom. The van der Waals surface area contributed by atoms with E-state index >= 15 is 0 Å². The number of carbonyl (C=O) groups excluding carboxylic acids is 4. The van der Waals surface area contributed by atoms with E-state index < -0.39 is 30.6 Å². The van der Waals surface area contributed by atoms with Crippen molar-refractivity contribution in [3.8, 4) is 0 Å². The van der Waals surface area contributed by atoms with Gasteiger partial charge in [-0.25, -0.2) is 9.69 Å². The highest BCUT2D eigenvalue weighted by atomic mass is 16.5. The van der Waals surface area contributed by atoms with Gasteiger partial charge in [0.2, 0.25) is 5.91 Å². The number of piperidine rings is 1. The summed E-state index contributed by atoms with van der Waals surface area (Å²) in [6, 6.07) is 7.33. The first kappa shape index (κ1) is 18.6. The Labute approximate surface area is 166 Å². The summed E-state index contributed by atoms with van der Waals surface area (Å²) >= 11 is 0. The van der Waals surface area contributed by atoms with Gasteiger partial charge in [0, 0.05) is 42.2 Å². The molecule has 1 saturated heterocycles. The zero-order valence-corrected chi connectivity index (χ0v) is 15.4. The molecule has 3 heterocycles. The molecule has 1 unspecified atom stereocenters. The van der Waals surface area contributed by atoms with Crippen molar-refractivity contribution in [2.24, 2.45) is 0 Å². The molecule has 1 aromatic carbocycles. The molecule has 0 radical (unpaired) electrons. The first-order chi connectivity index (χ1) is 14.0. The van der Waals surface area contributed by atoms with Gasteiger partial charge in [0.25, 0.3) is 11.8 Å². The Bertz CT molecular complexity index is 1010. The van der Waals surface area contributed by atoms with E-state index in [1.165, 1.54) is 23.4 Å². The minimum absolute atomic E-state index is 0.0659. The summed E-state index contributed by atoms with van der Waals surface area (Å²) in [4.78, 5) is 56.1. The van der Waals surface area contributed by atoms with Crippen molar-refractivity contribution < 1.29 is 23.9 Å². The van der Waals surface area contributed by atoms with Crippen molar-refractivity contribution in [2.45, 2.75) is 25.4 Å². The number of pyridine rings is 1. The number of imide groups is 1. The largest absolute Gasteiger partial charge is 0.440 e. The van der Waals surface area contributed by atoms with Crippen LogP contribution >= 0.6 is 0 Å². The highest BCUT2D eigenvalue weighted by molar-refractivity contribution is 6.06. The van der Waals surface area contributed by atoms with Crippen LogP contribution in [0.2, 0.25) is 0 Å². The maximum absolute atomic E-state index is 12.9. The number of fused-ring (bicyclic) bond motifs is 1. The molecule has 2 aromatic rings. The topological polar surface area (TPSA) is 123 Å². The Hall–Kier alpha value is -3.75. The van der Waals surface area contributed by atoms with Crippen LogP contribution < -0.4 is 5.73 Å². The highest BCUT2D eigenvalue weighted by Crippen LogP contribution is 2.31. The fourth-order valence-electron chi connectivity index (χ4n) is 3.57.